The summed E-state index contributed by atoms with van der Waals surface area (Å²) in [7, 11) is 1.49. The molecule has 0 radical (unpaired) electrons. The maximum Gasteiger partial charge on any atom is 0.313 e. The van der Waals surface area contributed by atoms with Gasteiger partial charge in [0.2, 0.25) is 0 Å². The molecular formula is C16H31NO2. The van der Waals surface area contributed by atoms with E-state index in [1.165, 1.54) is 52.1 Å². The van der Waals surface area contributed by atoms with Crippen molar-refractivity contribution in [2.24, 2.45) is 17.1 Å². The molecule has 0 aromatic carbocycles. The third-order valence-corrected chi connectivity index (χ3v) is 4.39. The molecule has 1 unspecified atom stereocenters. The molecule has 19 heavy (non-hydrogen) atoms. The van der Waals surface area contributed by atoms with E-state index in [0.717, 1.165) is 19.3 Å². The zero-order valence-electron chi connectivity index (χ0n) is 12.7. The van der Waals surface area contributed by atoms with Gasteiger partial charge in [-0.1, -0.05) is 58.3 Å². The topological polar surface area (TPSA) is 52.3 Å². The average molecular weight is 269 g/mol. The number of hydrogen-bond donors (Lipinski definition) is 1. The highest BCUT2D eigenvalue weighted by molar-refractivity contribution is 5.77. The van der Waals surface area contributed by atoms with Crippen LogP contribution in [0.1, 0.15) is 71.1 Å². The summed E-state index contributed by atoms with van der Waals surface area (Å²) in [5.74, 6) is 0.623. The molecule has 0 aliphatic heterocycles. The lowest BCUT2D eigenvalue weighted by Gasteiger charge is -2.29. The van der Waals surface area contributed by atoms with E-state index < -0.39 is 5.41 Å². The first-order valence-corrected chi connectivity index (χ1v) is 7.97. The average Bonchev–Trinajstić information content (AvgIpc) is 3.24. The first-order valence-electron chi connectivity index (χ1n) is 7.97. The van der Waals surface area contributed by atoms with E-state index in [1.54, 1.807) is 0 Å². The predicted molar refractivity (Wildman–Crippen MR) is 78.8 cm³/mol. The highest BCUT2D eigenvalue weighted by Crippen LogP contribution is 2.43. The Labute approximate surface area is 118 Å². The van der Waals surface area contributed by atoms with Gasteiger partial charge in [-0.2, -0.15) is 0 Å². The van der Waals surface area contributed by atoms with Crippen molar-refractivity contribution in [1.82, 2.24) is 0 Å². The normalized spacial score (nSPS) is 18.1. The number of carbonyl (C=O) groups is 1. The standard InChI is InChI=1S/C16H31NO2/c1-3-4-5-6-7-8-11-16(13-17,15(18)19-2)12-14-9-10-14/h14H,3-13,17H2,1-2H3. The van der Waals surface area contributed by atoms with Gasteiger partial charge in [0.15, 0.2) is 0 Å². The Balaban J connectivity index is 2.37. The molecule has 112 valence electrons. The van der Waals surface area contributed by atoms with Gasteiger partial charge in [0.25, 0.3) is 0 Å². The van der Waals surface area contributed by atoms with Crippen molar-refractivity contribution in [2.45, 2.75) is 71.1 Å². The molecule has 1 aliphatic carbocycles. The van der Waals surface area contributed by atoms with Gasteiger partial charge < -0.3 is 10.5 Å². The number of carbonyl (C=O) groups excluding carboxylic acids is 1. The third kappa shape index (κ3) is 5.52. The van der Waals surface area contributed by atoms with Crippen molar-refractivity contribution < 1.29 is 9.53 Å². The Hall–Kier alpha value is -0.570. The van der Waals surface area contributed by atoms with Crippen LogP contribution >= 0.6 is 0 Å². The van der Waals surface area contributed by atoms with Gasteiger partial charge in [0.1, 0.15) is 0 Å². The molecule has 0 bridgehead atoms. The lowest BCUT2D eigenvalue weighted by Crippen LogP contribution is -2.40. The number of ether oxygens (including phenoxy) is 1. The molecule has 1 saturated carbocycles. The van der Waals surface area contributed by atoms with Crippen LogP contribution in [0.25, 0.3) is 0 Å². The van der Waals surface area contributed by atoms with Gasteiger partial charge in [-0.05, 0) is 18.8 Å². The van der Waals surface area contributed by atoms with E-state index in [4.69, 9.17) is 10.5 Å². The lowest BCUT2D eigenvalue weighted by molar-refractivity contribution is -0.153. The summed E-state index contributed by atoms with van der Waals surface area (Å²) in [4.78, 5) is 12.1. The van der Waals surface area contributed by atoms with Crippen LogP contribution in [0, 0.1) is 11.3 Å². The molecule has 0 saturated heterocycles. The quantitative estimate of drug-likeness (QED) is 0.460. The fraction of sp³-hybridized carbons (Fsp3) is 0.938. The highest BCUT2D eigenvalue weighted by Gasteiger charge is 2.42. The number of nitrogens with two attached hydrogens (primary N) is 1. The molecule has 2 N–H and O–H groups in total. The summed E-state index contributed by atoms with van der Waals surface area (Å²) in [6, 6.07) is 0. The first-order chi connectivity index (χ1) is 9.18. The lowest BCUT2D eigenvalue weighted by atomic mass is 9.77. The van der Waals surface area contributed by atoms with Crippen molar-refractivity contribution in [3.63, 3.8) is 0 Å². The summed E-state index contributed by atoms with van der Waals surface area (Å²) < 4.78 is 5.01. The smallest absolute Gasteiger partial charge is 0.313 e. The van der Waals surface area contributed by atoms with Crippen LogP contribution in [0.5, 0.6) is 0 Å². The van der Waals surface area contributed by atoms with Crippen LogP contribution in [-0.4, -0.2) is 19.6 Å². The molecule has 1 aliphatic rings. The Morgan fingerprint density at radius 3 is 2.37 bits per heavy atom. The molecule has 1 atom stereocenters. The minimum Gasteiger partial charge on any atom is -0.469 e. The van der Waals surface area contributed by atoms with Crippen LogP contribution in [0.3, 0.4) is 0 Å². The van der Waals surface area contributed by atoms with Crippen LogP contribution in [0.4, 0.5) is 0 Å². The monoisotopic (exact) mass is 269 g/mol. The molecule has 0 aromatic rings. The molecule has 0 aromatic heterocycles. The number of unbranched alkanes of at least 4 members (excludes halogenated alkanes) is 5. The second-order valence-electron chi connectivity index (χ2n) is 6.14. The minimum atomic E-state index is -0.402. The molecule has 3 heteroatoms. The third-order valence-electron chi connectivity index (χ3n) is 4.39. The maximum absolute atomic E-state index is 12.1. The van der Waals surface area contributed by atoms with Gasteiger partial charge in [0.05, 0.1) is 12.5 Å². The van der Waals surface area contributed by atoms with Crippen LogP contribution < -0.4 is 5.73 Å². The maximum atomic E-state index is 12.1. The highest BCUT2D eigenvalue weighted by atomic mass is 16.5. The molecule has 3 nitrogen and oxygen atoms in total. The van der Waals surface area contributed by atoms with E-state index in [1.807, 2.05) is 0 Å². The van der Waals surface area contributed by atoms with Crippen molar-refractivity contribution >= 4 is 5.97 Å². The fourth-order valence-corrected chi connectivity index (χ4v) is 2.89. The summed E-state index contributed by atoms with van der Waals surface area (Å²) in [6.45, 7) is 2.66. The van der Waals surface area contributed by atoms with Gasteiger partial charge in [0, 0.05) is 6.54 Å². The predicted octanol–water partition coefficient (Wildman–Crippen LogP) is 3.66. The summed E-state index contributed by atoms with van der Waals surface area (Å²) >= 11 is 0. The molecule has 0 amide bonds. The molecule has 0 heterocycles. The second-order valence-corrected chi connectivity index (χ2v) is 6.14. The number of esters is 1. The molecular weight excluding hydrogens is 238 g/mol. The Morgan fingerprint density at radius 2 is 1.84 bits per heavy atom. The zero-order valence-corrected chi connectivity index (χ0v) is 12.7. The molecule has 0 spiro atoms. The molecule has 1 fully saturated rings. The summed E-state index contributed by atoms with van der Waals surface area (Å²) in [5, 5.41) is 0. The Bertz CT molecular complexity index is 263. The van der Waals surface area contributed by atoms with Crippen LogP contribution in [-0.2, 0) is 9.53 Å². The van der Waals surface area contributed by atoms with Crippen molar-refractivity contribution in [3.8, 4) is 0 Å². The van der Waals surface area contributed by atoms with Gasteiger partial charge in [-0.15, -0.1) is 0 Å². The van der Waals surface area contributed by atoms with E-state index in [9.17, 15) is 4.79 Å². The van der Waals surface area contributed by atoms with E-state index >= 15 is 0 Å². The summed E-state index contributed by atoms with van der Waals surface area (Å²) in [5.41, 5.74) is 5.52. The van der Waals surface area contributed by atoms with Gasteiger partial charge in [-0.3, -0.25) is 4.79 Å². The van der Waals surface area contributed by atoms with Crippen LogP contribution in [0.15, 0.2) is 0 Å². The van der Waals surface area contributed by atoms with E-state index in [2.05, 4.69) is 6.92 Å². The van der Waals surface area contributed by atoms with E-state index in [0.29, 0.717) is 12.5 Å². The molecule has 1 rings (SSSR count). The Kier molecular flexibility index (Phi) is 7.44. The fourth-order valence-electron chi connectivity index (χ4n) is 2.89. The van der Waals surface area contributed by atoms with Crippen molar-refractivity contribution in [2.75, 3.05) is 13.7 Å². The largest absolute Gasteiger partial charge is 0.469 e. The van der Waals surface area contributed by atoms with Gasteiger partial charge in [-0.25, -0.2) is 0 Å². The first kappa shape index (κ1) is 16.5. The van der Waals surface area contributed by atoms with Crippen molar-refractivity contribution in [3.05, 3.63) is 0 Å². The zero-order chi connectivity index (χ0) is 14.1. The Morgan fingerprint density at radius 1 is 1.21 bits per heavy atom. The van der Waals surface area contributed by atoms with Gasteiger partial charge >= 0.3 is 5.97 Å². The number of methoxy groups -OCH3 is 1. The van der Waals surface area contributed by atoms with Crippen molar-refractivity contribution in [1.29, 1.82) is 0 Å². The summed E-state index contributed by atoms with van der Waals surface area (Å²) in [6.07, 6.45) is 11.9. The number of hydrogen-bond acceptors (Lipinski definition) is 3. The minimum absolute atomic E-state index is 0.0875. The number of rotatable bonds is 11. The van der Waals surface area contributed by atoms with Crippen LogP contribution in [0.2, 0.25) is 0 Å². The van der Waals surface area contributed by atoms with E-state index in [-0.39, 0.29) is 5.97 Å². The SMILES string of the molecule is CCCCCCCCC(CN)(CC1CC1)C(=O)OC. The second kappa shape index (κ2) is 8.57.